The van der Waals surface area contributed by atoms with E-state index in [1.165, 1.54) is 5.56 Å². The molecule has 0 amide bonds. The third kappa shape index (κ3) is 9.69. The summed E-state index contributed by atoms with van der Waals surface area (Å²) in [5.74, 6) is 0. The van der Waals surface area contributed by atoms with Crippen LogP contribution in [0, 0.1) is 0 Å². The van der Waals surface area contributed by atoms with Gasteiger partial charge in [-0.3, -0.25) is 0 Å². The van der Waals surface area contributed by atoms with Crippen LogP contribution < -0.4 is 5.32 Å². The van der Waals surface area contributed by atoms with Crippen molar-refractivity contribution in [2.24, 2.45) is 0 Å². The van der Waals surface area contributed by atoms with Crippen LogP contribution in [0.25, 0.3) is 0 Å². The van der Waals surface area contributed by atoms with Crippen LogP contribution in [0.4, 0.5) is 0 Å². The molecule has 0 spiro atoms. The predicted octanol–water partition coefficient (Wildman–Crippen LogP) is 2.88. The number of hydrogen-bond acceptors (Lipinski definition) is 2. The lowest BCUT2D eigenvalue weighted by Crippen LogP contribution is -2.18. The summed E-state index contributed by atoms with van der Waals surface area (Å²) in [6.45, 7) is 9.93. The zero-order valence-corrected chi connectivity index (χ0v) is 10.8. The van der Waals surface area contributed by atoms with Crippen molar-refractivity contribution in [1.29, 1.82) is 0 Å². The maximum Gasteiger partial charge on any atom is 0.0590 e. The molecule has 0 unspecified atom stereocenters. The first-order valence-corrected chi connectivity index (χ1v) is 6.17. The van der Waals surface area contributed by atoms with Crippen molar-refractivity contribution in [1.82, 2.24) is 5.32 Å². The topological polar surface area (TPSA) is 21.3 Å². The normalized spacial score (nSPS) is 9.44. The standard InChI is InChI=1S/C8H10.C6H15NO/c1-2-8-6-4-3-5-7-8;1-3-7-5-6-8-4-2/h3-7H,2H2,1H3;7H,3-6H2,1-2H3. The second-order valence-electron chi connectivity index (χ2n) is 3.39. The fourth-order valence-electron chi connectivity index (χ4n) is 1.18. The molecule has 0 atom stereocenters. The number of hydrogen-bond donors (Lipinski definition) is 1. The number of rotatable bonds is 6. The summed E-state index contributed by atoms with van der Waals surface area (Å²) in [6, 6.07) is 10.5. The van der Waals surface area contributed by atoms with Gasteiger partial charge >= 0.3 is 0 Å². The lowest BCUT2D eigenvalue weighted by Gasteiger charge is -1.99. The van der Waals surface area contributed by atoms with Crippen molar-refractivity contribution in [3.05, 3.63) is 35.9 Å². The summed E-state index contributed by atoms with van der Waals surface area (Å²) in [6.07, 6.45) is 1.14. The second kappa shape index (κ2) is 12.2. The molecule has 2 heteroatoms. The van der Waals surface area contributed by atoms with Gasteiger partial charge in [-0.15, -0.1) is 0 Å². The Bertz CT molecular complexity index is 217. The highest BCUT2D eigenvalue weighted by Gasteiger charge is 1.80. The molecule has 0 aliphatic rings. The molecule has 0 radical (unpaired) electrons. The van der Waals surface area contributed by atoms with E-state index in [1.54, 1.807) is 0 Å². The Morgan fingerprint density at radius 1 is 1.06 bits per heavy atom. The Labute approximate surface area is 100 Å². The predicted molar refractivity (Wildman–Crippen MR) is 70.9 cm³/mol. The molecular formula is C14H25NO. The van der Waals surface area contributed by atoms with Crippen LogP contribution in [0.5, 0.6) is 0 Å². The zero-order chi connectivity index (χ0) is 12.1. The van der Waals surface area contributed by atoms with Crippen molar-refractivity contribution in [2.75, 3.05) is 26.3 Å². The summed E-state index contributed by atoms with van der Waals surface area (Å²) < 4.78 is 5.07. The van der Waals surface area contributed by atoms with Gasteiger partial charge in [-0.2, -0.15) is 0 Å². The van der Waals surface area contributed by atoms with Gasteiger partial charge in [0.2, 0.25) is 0 Å². The van der Waals surface area contributed by atoms with Gasteiger partial charge in [0, 0.05) is 13.2 Å². The minimum absolute atomic E-state index is 0.825. The molecule has 0 fully saturated rings. The van der Waals surface area contributed by atoms with Crippen molar-refractivity contribution in [3.63, 3.8) is 0 Å². The van der Waals surface area contributed by atoms with E-state index in [2.05, 4.69) is 43.4 Å². The third-order valence-electron chi connectivity index (χ3n) is 2.13. The van der Waals surface area contributed by atoms with Crippen LogP contribution in [0.15, 0.2) is 30.3 Å². The van der Waals surface area contributed by atoms with Crippen LogP contribution in [0.1, 0.15) is 26.3 Å². The first-order valence-electron chi connectivity index (χ1n) is 6.17. The van der Waals surface area contributed by atoms with Gasteiger partial charge in [0.15, 0.2) is 0 Å². The van der Waals surface area contributed by atoms with Gasteiger partial charge in [-0.05, 0) is 25.5 Å². The number of ether oxygens (including phenoxy) is 1. The van der Waals surface area contributed by atoms with E-state index in [0.717, 1.165) is 32.7 Å². The van der Waals surface area contributed by atoms with E-state index in [9.17, 15) is 0 Å². The summed E-state index contributed by atoms with van der Waals surface area (Å²) >= 11 is 0. The molecular weight excluding hydrogens is 198 g/mol. The molecule has 2 nitrogen and oxygen atoms in total. The lowest BCUT2D eigenvalue weighted by molar-refractivity contribution is 0.149. The average molecular weight is 223 g/mol. The van der Waals surface area contributed by atoms with E-state index in [4.69, 9.17) is 4.74 Å². The second-order valence-corrected chi connectivity index (χ2v) is 3.39. The van der Waals surface area contributed by atoms with Gasteiger partial charge in [0.05, 0.1) is 6.61 Å². The van der Waals surface area contributed by atoms with Gasteiger partial charge in [0.1, 0.15) is 0 Å². The molecule has 1 rings (SSSR count). The first kappa shape index (κ1) is 15.1. The molecule has 0 bridgehead atoms. The number of aryl methyl sites for hydroxylation is 1. The lowest BCUT2D eigenvalue weighted by atomic mass is 10.2. The van der Waals surface area contributed by atoms with E-state index in [0.29, 0.717) is 0 Å². The van der Waals surface area contributed by atoms with Gasteiger partial charge in [-0.1, -0.05) is 44.2 Å². The third-order valence-corrected chi connectivity index (χ3v) is 2.13. The maximum atomic E-state index is 5.07. The van der Waals surface area contributed by atoms with Gasteiger partial charge in [-0.25, -0.2) is 0 Å². The number of nitrogens with one attached hydrogen (secondary N) is 1. The van der Waals surface area contributed by atoms with E-state index < -0.39 is 0 Å². The van der Waals surface area contributed by atoms with Crippen molar-refractivity contribution >= 4 is 0 Å². The smallest absolute Gasteiger partial charge is 0.0590 e. The quantitative estimate of drug-likeness (QED) is 0.749. The zero-order valence-electron chi connectivity index (χ0n) is 10.8. The van der Waals surface area contributed by atoms with Crippen LogP contribution in [0.3, 0.4) is 0 Å². The SMILES string of the molecule is CCNCCOCC.CCc1ccccc1. The monoisotopic (exact) mass is 223 g/mol. The molecule has 16 heavy (non-hydrogen) atoms. The highest BCUT2D eigenvalue weighted by atomic mass is 16.5. The molecule has 0 saturated carbocycles. The molecule has 0 aliphatic heterocycles. The largest absolute Gasteiger partial charge is 0.380 e. The Morgan fingerprint density at radius 2 is 1.75 bits per heavy atom. The Kier molecular flexibility index (Phi) is 11.6. The van der Waals surface area contributed by atoms with Gasteiger partial charge in [0.25, 0.3) is 0 Å². The van der Waals surface area contributed by atoms with Crippen LogP contribution >= 0.6 is 0 Å². The fraction of sp³-hybridized carbons (Fsp3) is 0.571. The van der Waals surface area contributed by atoms with Crippen LogP contribution in [-0.4, -0.2) is 26.3 Å². The first-order chi connectivity index (χ1) is 7.85. The molecule has 1 N–H and O–H groups in total. The number of benzene rings is 1. The summed E-state index contributed by atoms with van der Waals surface area (Å²) in [5.41, 5.74) is 1.41. The maximum absolute atomic E-state index is 5.07. The Morgan fingerprint density at radius 3 is 2.19 bits per heavy atom. The Hall–Kier alpha value is -0.860. The molecule has 92 valence electrons. The minimum Gasteiger partial charge on any atom is -0.380 e. The number of likely N-dealkylation sites (N-methyl/N-ethyl adjacent to an activating group) is 1. The summed E-state index contributed by atoms with van der Waals surface area (Å²) in [7, 11) is 0. The highest BCUT2D eigenvalue weighted by molar-refractivity contribution is 5.13. The van der Waals surface area contributed by atoms with Crippen molar-refractivity contribution in [3.8, 4) is 0 Å². The van der Waals surface area contributed by atoms with E-state index in [1.807, 2.05) is 13.0 Å². The molecule has 0 aliphatic carbocycles. The van der Waals surface area contributed by atoms with Crippen molar-refractivity contribution in [2.45, 2.75) is 27.2 Å². The Balaban J connectivity index is 0.000000281. The van der Waals surface area contributed by atoms with E-state index in [-0.39, 0.29) is 0 Å². The van der Waals surface area contributed by atoms with Crippen LogP contribution in [-0.2, 0) is 11.2 Å². The molecule has 1 aromatic carbocycles. The minimum atomic E-state index is 0.825. The molecule has 1 aromatic rings. The summed E-state index contributed by atoms with van der Waals surface area (Å²) in [5, 5.41) is 3.16. The average Bonchev–Trinajstić information content (AvgIpc) is 2.36. The highest BCUT2D eigenvalue weighted by Crippen LogP contribution is 1.96. The molecule has 0 heterocycles. The summed E-state index contributed by atoms with van der Waals surface area (Å²) in [4.78, 5) is 0. The van der Waals surface area contributed by atoms with E-state index >= 15 is 0 Å². The molecule has 0 aromatic heterocycles. The molecule has 0 saturated heterocycles. The van der Waals surface area contributed by atoms with Crippen LogP contribution in [0.2, 0.25) is 0 Å². The van der Waals surface area contributed by atoms with Crippen molar-refractivity contribution < 1.29 is 4.74 Å². The fourth-order valence-corrected chi connectivity index (χ4v) is 1.18. The van der Waals surface area contributed by atoms with Gasteiger partial charge < -0.3 is 10.1 Å².